The number of carbonyl (C=O) groups is 1. The van der Waals surface area contributed by atoms with Crippen LogP contribution in [0, 0.1) is 0 Å². The fourth-order valence-electron chi connectivity index (χ4n) is 3.54. The first-order valence-corrected chi connectivity index (χ1v) is 10.3. The van der Waals surface area contributed by atoms with Crippen molar-refractivity contribution in [2.24, 2.45) is 4.99 Å². The van der Waals surface area contributed by atoms with E-state index in [4.69, 9.17) is 13.9 Å². The smallest absolute Gasteiger partial charge is 0.287 e. The van der Waals surface area contributed by atoms with Crippen LogP contribution < -0.4 is 20.1 Å². The molecular formula is C22H32IN5O4. The number of hydrogen-bond acceptors (Lipinski definition) is 6. The van der Waals surface area contributed by atoms with Crippen molar-refractivity contribution in [3.63, 3.8) is 0 Å². The minimum atomic E-state index is -0.219. The predicted octanol–water partition coefficient (Wildman–Crippen LogP) is 2.04. The lowest BCUT2D eigenvalue weighted by atomic mass is 10.1. The maximum atomic E-state index is 11.9. The average molecular weight is 557 g/mol. The van der Waals surface area contributed by atoms with Crippen LogP contribution in [-0.2, 0) is 6.54 Å². The summed E-state index contributed by atoms with van der Waals surface area (Å²) in [5.41, 5.74) is 1.12. The first-order chi connectivity index (χ1) is 15.1. The number of nitrogens with one attached hydrogen (secondary N) is 2. The lowest BCUT2D eigenvalue weighted by Crippen LogP contribution is -2.53. The number of amides is 1. The molecule has 176 valence electrons. The van der Waals surface area contributed by atoms with Crippen molar-refractivity contribution in [1.82, 2.24) is 20.4 Å². The first-order valence-electron chi connectivity index (χ1n) is 10.3. The van der Waals surface area contributed by atoms with Gasteiger partial charge in [0.25, 0.3) is 5.91 Å². The monoisotopic (exact) mass is 557 g/mol. The zero-order chi connectivity index (χ0) is 22.1. The summed E-state index contributed by atoms with van der Waals surface area (Å²) in [7, 11) is 5.14. The van der Waals surface area contributed by atoms with Gasteiger partial charge in [-0.25, -0.2) is 0 Å². The summed E-state index contributed by atoms with van der Waals surface area (Å²) in [4.78, 5) is 20.9. The van der Waals surface area contributed by atoms with Crippen molar-refractivity contribution >= 4 is 35.8 Å². The van der Waals surface area contributed by atoms with Gasteiger partial charge in [0.15, 0.2) is 11.7 Å². The van der Waals surface area contributed by atoms with Gasteiger partial charge in [0, 0.05) is 58.4 Å². The van der Waals surface area contributed by atoms with Gasteiger partial charge in [-0.05, 0) is 30.3 Å². The Balaban J connectivity index is 0.00000363. The van der Waals surface area contributed by atoms with Crippen molar-refractivity contribution in [2.75, 3.05) is 60.5 Å². The number of hydrogen-bond donors (Lipinski definition) is 2. The van der Waals surface area contributed by atoms with Gasteiger partial charge < -0.3 is 29.4 Å². The predicted molar refractivity (Wildman–Crippen MR) is 134 cm³/mol. The highest BCUT2D eigenvalue weighted by Gasteiger charge is 2.21. The molecular weight excluding hydrogens is 525 g/mol. The van der Waals surface area contributed by atoms with Crippen LogP contribution in [0.3, 0.4) is 0 Å². The molecule has 0 bridgehead atoms. The highest BCUT2D eigenvalue weighted by molar-refractivity contribution is 14.0. The van der Waals surface area contributed by atoms with Crippen LogP contribution in [0.25, 0.3) is 0 Å². The summed E-state index contributed by atoms with van der Waals surface area (Å²) >= 11 is 0. The number of benzene rings is 1. The third kappa shape index (κ3) is 7.02. The molecule has 1 fully saturated rings. The summed E-state index contributed by atoms with van der Waals surface area (Å²) in [6, 6.07) is 9.22. The molecule has 0 radical (unpaired) electrons. The number of guanidine groups is 1. The van der Waals surface area contributed by atoms with Gasteiger partial charge in [-0.2, -0.15) is 0 Å². The average Bonchev–Trinajstić information content (AvgIpc) is 3.35. The number of furan rings is 1. The van der Waals surface area contributed by atoms with Crippen LogP contribution in [0.4, 0.5) is 0 Å². The second-order valence-electron chi connectivity index (χ2n) is 7.15. The Morgan fingerprint density at radius 3 is 2.47 bits per heavy atom. The van der Waals surface area contributed by atoms with E-state index in [2.05, 4.69) is 25.4 Å². The van der Waals surface area contributed by atoms with Gasteiger partial charge in [-0.3, -0.25) is 14.7 Å². The molecule has 0 aliphatic carbocycles. The Morgan fingerprint density at radius 1 is 1.09 bits per heavy atom. The van der Waals surface area contributed by atoms with Crippen LogP contribution in [-0.4, -0.2) is 82.2 Å². The lowest BCUT2D eigenvalue weighted by Gasteiger charge is -2.36. The largest absolute Gasteiger partial charge is 0.497 e. The molecule has 0 spiro atoms. The molecule has 3 rings (SSSR count). The SMILES string of the molecule is CN=C(NCCNC(=O)c1ccco1)N1CCN(Cc2cc(OC)ccc2OC)CC1.I. The van der Waals surface area contributed by atoms with E-state index in [0.717, 1.165) is 55.7 Å². The molecule has 1 saturated heterocycles. The quantitative estimate of drug-likeness (QED) is 0.222. The molecule has 10 heteroatoms. The number of rotatable bonds is 8. The van der Waals surface area contributed by atoms with Crippen molar-refractivity contribution in [1.29, 1.82) is 0 Å². The summed E-state index contributed by atoms with van der Waals surface area (Å²) in [6.07, 6.45) is 1.49. The fraction of sp³-hybridized carbons (Fsp3) is 0.455. The summed E-state index contributed by atoms with van der Waals surface area (Å²) in [5.74, 6) is 2.64. The van der Waals surface area contributed by atoms with Gasteiger partial charge in [0.1, 0.15) is 11.5 Å². The Labute approximate surface area is 206 Å². The van der Waals surface area contributed by atoms with E-state index in [0.29, 0.717) is 18.8 Å². The Bertz CT molecular complexity index is 867. The molecule has 0 atom stereocenters. The van der Waals surface area contributed by atoms with E-state index in [1.165, 1.54) is 6.26 Å². The highest BCUT2D eigenvalue weighted by Crippen LogP contribution is 2.25. The van der Waals surface area contributed by atoms with Crippen LogP contribution in [0.5, 0.6) is 11.5 Å². The molecule has 1 aromatic heterocycles. The minimum Gasteiger partial charge on any atom is -0.497 e. The number of aliphatic imine (C=N–C) groups is 1. The number of ether oxygens (including phenoxy) is 2. The lowest BCUT2D eigenvalue weighted by molar-refractivity contribution is 0.0926. The van der Waals surface area contributed by atoms with E-state index in [1.54, 1.807) is 33.4 Å². The maximum absolute atomic E-state index is 11.9. The molecule has 32 heavy (non-hydrogen) atoms. The van der Waals surface area contributed by atoms with Crippen LogP contribution in [0.1, 0.15) is 16.1 Å². The van der Waals surface area contributed by atoms with Gasteiger partial charge in [-0.1, -0.05) is 0 Å². The molecule has 9 nitrogen and oxygen atoms in total. The Morgan fingerprint density at radius 2 is 1.84 bits per heavy atom. The molecule has 2 heterocycles. The van der Waals surface area contributed by atoms with Gasteiger partial charge >= 0.3 is 0 Å². The molecule has 1 aromatic carbocycles. The van der Waals surface area contributed by atoms with Crippen molar-refractivity contribution in [3.05, 3.63) is 47.9 Å². The summed E-state index contributed by atoms with van der Waals surface area (Å²) in [6.45, 7) is 5.43. The van der Waals surface area contributed by atoms with Crippen LogP contribution in [0.15, 0.2) is 46.0 Å². The highest BCUT2D eigenvalue weighted by atomic mass is 127. The van der Waals surface area contributed by atoms with Gasteiger partial charge in [0.05, 0.1) is 20.5 Å². The number of piperazine rings is 1. The molecule has 1 amide bonds. The van der Waals surface area contributed by atoms with Crippen molar-refractivity contribution in [2.45, 2.75) is 6.54 Å². The van der Waals surface area contributed by atoms with E-state index in [1.807, 2.05) is 18.2 Å². The van der Waals surface area contributed by atoms with E-state index < -0.39 is 0 Å². The molecule has 0 unspecified atom stereocenters. The van der Waals surface area contributed by atoms with Crippen LogP contribution >= 0.6 is 24.0 Å². The van der Waals surface area contributed by atoms with Crippen molar-refractivity contribution < 1.29 is 18.7 Å². The molecule has 2 N–H and O–H groups in total. The van der Waals surface area contributed by atoms with E-state index in [-0.39, 0.29) is 29.9 Å². The molecule has 1 aliphatic heterocycles. The fourth-order valence-corrected chi connectivity index (χ4v) is 3.54. The minimum absolute atomic E-state index is 0. The second kappa shape index (κ2) is 13.2. The Kier molecular flexibility index (Phi) is 10.6. The summed E-state index contributed by atoms with van der Waals surface area (Å²) in [5, 5.41) is 6.14. The van der Waals surface area contributed by atoms with Gasteiger partial charge in [0.2, 0.25) is 0 Å². The normalized spacial score (nSPS) is 14.5. The number of halogens is 1. The molecule has 2 aromatic rings. The molecule has 1 aliphatic rings. The third-order valence-electron chi connectivity index (χ3n) is 5.20. The third-order valence-corrected chi connectivity index (χ3v) is 5.20. The zero-order valence-corrected chi connectivity index (χ0v) is 21.1. The number of nitrogens with zero attached hydrogens (tertiary/aromatic N) is 3. The maximum Gasteiger partial charge on any atom is 0.287 e. The zero-order valence-electron chi connectivity index (χ0n) is 18.8. The van der Waals surface area contributed by atoms with Crippen molar-refractivity contribution in [3.8, 4) is 11.5 Å². The standard InChI is InChI=1S/C22H31N5O4.HI/c1-23-22(25-9-8-24-21(28)20-5-4-14-31-20)27-12-10-26(11-13-27)16-17-15-18(29-2)6-7-19(17)30-3;/h4-7,14-15H,8-13,16H2,1-3H3,(H,23,25)(H,24,28);1H. The second-order valence-corrected chi connectivity index (χ2v) is 7.15. The molecule has 0 saturated carbocycles. The van der Waals surface area contributed by atoms with Gasteiger partial charge in [-0.15, -0.1) is 24.0 Å². The van der Waals surface area contributed by atoms with E-state index in [9.17, 15) is 4.79 Å². The Hall–Kier alpha value is -2.47. The van der Waals surface area contributed by atoms with Crippen LogP contribution in [0.2, 0.25) is 0 Å². The summed E-state index contributed by atoms with van der Waals surface area (Å²) < 4.78 is 15.9. The topological polar surface area (TPSA) is 91.6 Å². The van der Waals surface area contributed by atoms with E-state index >= 15 is 0 Å². The number of carbonyl (C=O) groups excluding carboxylic acids is 1. The number of methoxy groups -OCH3 is 2. The first kappa shape index (κ1) is 25.8.